The zero-order valence-corrected chi connectivity index (χ0v) is 11.6. The van der Waals surface area contributed by atoms with Crippen LogP contribution in [0.2, 0.25) is 0 Å². The lowest BCUT2D eigenvalue weighted by molar-refractivity contribution is 0.0715. The minimum absolute atomic E-state index is 0.0386. The van der Waals surface area contributed by atoms with Crippen LogP contribution >= 0.6 is 12.2 Å². The van der Waals surface area contributed by atoms with E-state index in [0.717, 1.165) is 25.0 Å². The zero-order valence-electron chi connectivity index (χ0n) is 10.8. The number of aromatic amines is 1. The van der Waals surface area contributed by atoms with Crippen molar-refractivity contribution in [3.63, 3.8) is 0 Å². The summed E-state index contributed by atoms with van der Waals surface area (Å²) < 4.78 is 7.78. The van der Waals surface area contributed by atoms with Crippen molar-refractivity contribution >= 4 is 23.1 Å². The molecule has 0 bridgehead atoms. The summed E-state index contributed by atoms with van der Waals surface area (Å²) in [5.74, 6) is 0. The third-order valence-electron chi connectivity index (χ3n) is 3.75. The maximum Gasteiger partial charge on any atom is 0.262 e. The molecule has 2 heterocycles. The van der Waals surface area contributed by atoms with E-state index in [-0.39, 0.29) is 17.7 Å². The molecule has 0 saturated carbocycles. The van der Waals surface area contributed by atoms with Gasteiger partial charge in [-0.05, 0) is 44.1 Å². The Labute approximate surface area is 116 Å². The lowest BCUT2D eigenvalue weighted by atomic mass is 10.1. The summed E-state index contributed by atoms with van der Waals surface area (Å²) in [7, 11) is 0. The first-order chi connectivity index (χ1) is 9.18. The largest absolute Gasteiger partial charge is 0.376 e. The molecule has 0 amide bonds. The standard InChI is InChI=1S/C14H16N2O2S/c1-9(12-7-4-8-18-12)16-13(17)10-5-2-3-6-11(10)15-14(16)19/h2-3,5-6,9,12H,4,7-8H2,1H3,(H,15,19)/t9-,12+/m0/s1. The van der Waals surface area contributed by atoms with Gasteiger partial charge in [0.1, 0.15) is 0 Å². The van der Waals surface area contributed by atoms with Gasteiger partial charge in [0, 0.05) is 6.61 Å². The van der Waals surface area contributed by atoms with Gasteiger partial charge >= 0.3 is 0 Å². The van der Waals surface area contributed by atoms with Crippen LogP contribution in [0.15, 0.2) is 29.1 Å². The molecule has 0 radical (unpaired) electrons. The Morgan fingerprint density at radius 1 is 1.47 bits per heavy atom. The number of H-pyrrole nitrogens is 1. The number of nitrogens with zero attached hydrogens (tertiary/aromatic N) is 1. The van der Waals surface area contributed by atoms with Gasteiger partial charge < -0.3 is 9.72 Å². The number of nitrogens with one attached hydrogen (secondary N) is 1. The van der Waals surface area contributed by atoms with Gasteiger partial charge in [-0.2, -0.15) is 0 Å². The topological polar surface area (TPSA) is 47.0 Å². The second kappa shape index (κ2) is 4.90. The first kappa shape index (κ1) is 12.6. The fraction of sp³-hybridized carbons (Fsp3) is 0.429. The van der Waals surface area contributed by atoms with E-state index in [1.54, 1.807) is 4.57 Å². The van der Waals surface area contributed by atoms with Crippen molar-refractivity contribution in [3.8, 4) is 0 Å². The maximum atomic E-state index is 12.6. The van der Waals surface area contributed by atoms with E-state index in [2.05, 4.69) is 4.98 Å². The van der Waals surface area contributed by atoms with E-state index in [1.807, 2.05) is 31.2 Å². The third-order valence-corrected chi connectivity index (χ3v) is 4.05. The highest BCUT2D eigenvalue weighted by Gasteiger charge is 2.25. The average molecular weight is 276 g/mol. The molecule has 1 aliphatic rings. The highest BCUT2D eigenvalue weighted by molar-refractivity contribution is 7.71. The molecule has 1 aliphatic heterocycles. The lowest BCUT2D eigenvalue weighted by Gasteiger charge is -2.21. The van der Waals surface area contributed by atoms with Gasteiger partial charge in [-0.3, -0.25) is 9.36 Å². The number of hydrogen-bond donors (Lipinski definition) is 1. The van der Waals surface area contributed by atoms with E-state index in [1.165, 1.54) is 0 Å². The van der Waals surface area contributed by atoms with E-state index >= 15 is 0 Å². The molecule has 3 rings (SSSR count). The Morgan fingerprint density at radius 2 is 2.26 bits per heavy atom. The fourth-order valence-corrected chi connectivity index (χ4v) is 3.05. The van der Waals surface area contributed by atoms with Gasteiger partial charge in [-0.1, -0.05) is 12.1 Å². The molecule has 0 unspecified atom stereocenters. The molecule has 1 saturated heterocycles. The van der Waals surface area contributed by atoms with E-state index in [0.29, 0.717) is 10.2 Å². The number of aromatic nitrogens is 2. The van der Waals surface area contributed by atoms with E-state index in [4.69, 9.17) is 17.0 Å². The van der Waals surface area contributed by atoms with Gasteiger partial charge in [0.05, 0.1) is 23.0 Å². The molecule has 1 fully saturated rings. The molecular weight excluding hydrogens is 260 g/mol. The lowest BCUT2D eigenvalue weighted by Crippen LogP contribution is -2.31. The predicted octanol–water partition coefficient (Wildman–Crippen LogP) is 2.80. The molecule has 5 heteroatoms. The number of rotatable bonds is 2. The molecule has 4 nitrogen and oxygen atoms in total. The smallest absolute Gasteiger partial charge is 0.262 e. The molecule has 1 N–H and O–H groups in total. The van der Waals surface area contributed by atoms with Gasteiger partial charge in [0.2, 0.25) is 0 Å². The molecule has 2 atom stereocenters. The molecule has 19 heavy (non-hydrogen) atoms. The van der Waals surface area contributed by atoms with Crippen molar-refractivity contribution in [1.82, 2.24) is 9.55 Å². The summed E-state index contributed by atoms with van der Waals surface area (Å²) in [6, 6.07) is 7.40. The Balaban J connectivity index is 2.18. The number of benzene rings is 1. The first-order valence-electron chi connectivity index (χ1n) is 6.53. The van der Waals surface area contributed by atoms with Crippen molar-refractivity contribution < 1.29 is 4.74 Å². The number of fused-ring (bicyclic) bond motifs is 1. The average Bonchev–Trinajstić information content (AvgIpc) is 2.92. The van der Waals surface area contributed by atoms with Crippen molar-refractivity contribution in [2.24, 2.45) is 0 Å². The summed E-state index contributed by atoms with van der Waals surface area (Å²) in [4.78, 5) is 15.7. The summed E-state index contributed by atoms with van der Waals surface area (Å²) in [6.07, 6.45) is 2.11. The first-order valence-corrected chi connectivity index (χ1v) is 6.94. The van der Waals surface area contributed by atoms with Crippen molar-refractivity contribution in [1.29, 1.82) is 0 Å². The Kier molecular flexibility index (Phi) is 3.24. The second-order valence-electron chi connectivity index (χ2n) is 4.94. The number of ether oxygens (including phenoxy) is 1. The van der Waals surface area contributed by atoms with Crippen LogP contribution in [-0.4, -0.2) is 22.3 Å². The Morgan fingerprint density at radius 3 is 3.00 bits per heavy atom. The van der Waals surface area contributed by atoms with E-state index in [9.17, 15) is 4.79 Å². The van der Waals surface area contributed by atoms with Crippen LogP contribution < -0.4 is 5.56 Å². The van der Waals surface area contributed by atoms with Gasteiger partial charge in [-0.15, -0.1) is 0 Å². The van der Waals surface area contributed by atoms with Crippen LogP contribution in [0.1, 0.15) is 25.8 Å². The van der Waals surface area contributed by atoms with Gasteiger partial charge in [0.15, 0.2) is 4.77 Å². The molecule has 0 aliphatic carbocycles. The molecule has 1 aromatic heterocycles. The van der Waals surface area contributed by atoms with Crippen LogP contribution in [0, 0.1) is 4.77 Å². The fourth-order valence-electron chi connectivity index (χ4n) is 2.70. The molecule has 2 aromatic rings. The van der Waals surface area contributed by atoms with Crippen LogP contribution in [0.25, 0.3) is 10.9 Å². The highest BCUT2D eigenvalue weighted by atomic mass is 32.1. The third kappa shape index (κ3) is 2.13. The van der Waals surface area contributed by atoms with Crippen LogP contribution in [0.5, 0.6) is 0 Å². The Bertz CT molecular complexity index is 713. The summed E-state index contributed by atoms with van der Waals surface area (Å²) >= 11 is 5.33. The van der Waals surface area contributed by atoms with Crippen LogP contribution in [-0.2, 0) is 4.74 Å². The van der Waals surface area contributed by atoms with Crippen molar-refractivity contribution in [3.05, 3.63) is 39.4 Å². The summed E-state index contributed by atoms with van der Waals surface area (Å²) in [5.41, 5.74) is 0.746. The second-order valence-corrected chi connectivity index (χ2v) is 5.33. The van der Waals surface area contributed by atoms with Crippen LogP contribution in [0.3, 0.4) is 0 Å². The minimum atomic E-state index is -0.0395. The number of para-hydroxylation sites is 1. The van der Waals surface area contributed by atoms with Crippen molar-refractivity contribution in [2.45, 2.75) is 31.9 Å². The SMILES string of the molecule is C[C@@H]([C@H]1CCCO1)n1c(=S)[nH]c2ccccc2c1=O. The summed E-state index contributed by atoms with van der Waals surface area (Å²) in [6.45, 7) is 2.77. The maximum absolute atomic E-state index is 12.6. The van der Waals surface area contributed by atoms with E-state index < -0.39 is 0 Å². The summed E-state index contributed by atoms with van der Waals surface area (Å²) in [5, 5.41) is 0.668. The molecule has 1 aromatic carbocycles. The highest BCUT2D eigenvalue weighted by Crippen LogP contribution is 2.23. The molecule has 100 valence electrons. The normalized spacial score (nSPS) is 20.8. The monoisotopic (exact) mass is 276 g/mol. The van der Waals surface area contributed by atoms with Crippen LogP contribution in [0.4, 0.5) is 0 Å². The molecular formula is C14H16N2O2S. The van der Waals surface area contributed by atoms with Gasteiger partial charge in [-0.25, -0.2) is 0 Å². The van der Waals surface area contributed by atoms with Crippen molar-refractivity contribution in [2.75, 3.05) is 6.61 Å². The predicted molar refractivity (Wildman–Crippen MR) is 77.1 cm³/mol. The Hall–Kier alpha value is -1.46. The number of hydrogen-bond acceptors (Lipinski definition) is 3. The zero-order chi connectivity index (χ0) is 13.4. The van der Waals surface area contributed by atoms with Gasteiger partial charge in [0.25, 0.3) is 5.56 Å². The minimum Gasteiger partial charge on any atom is -0.376 e. The quantitative estimate of drug-likeness (QED) is 0.858. The molecule has 0 spiro atoms.